The fourth-order valence-electron chi connectivity index (χ4n) is 4.22. The number of carbonyl (C=O) groups is 1. The fraction of sp³-hybridized carbons (Fsp3) is 0.292. The summed E-state index contributed by atoms with van der Waals surface area (Å²) in [4.78, 5) is 22.2. The van der Waals surface area contributed by atoms with Gasteiger partial charge in [0.1, 0.15) is 0 Å². The van der Waals surface area contributed by atoms with Crippen molar-refractivity contribution in [2.45, 2.75) is 46.2 Å². The van der Waals surface area contributed by atoms with E-state index in [0.717, 1.165) is 34.0 Å². The third kappa shape index (κ3) is 4.13. The number of aromatic amines is 1. The van der Waals surface area contributed by atoms with Gasteiger partial charge in [-0.05, 0) is 91.5 Å². The number of amides is 1. The number of aromatic nitrogens is 2. The maximum absolute atomic E-state index is 11.9. The number of nitrogens with one attached hydrogen (secondary N) is 3. The molecule has 3 heterocycles. The zero-order valence-electron chi connectivity index (χ0n) is 18.5. The lowest BCUT2D eigenvalue weighted by atomic mass is 9.96. The van der Waals surface area contributed by atoms with Crippen LogP contribution in [0.4, 0.5) is 11.4 Å². The topological polar surface area (TPSA) is 73.1 Å². The second-order valence-electron chi connectivity index (χ2n) is 8.00. The third-order valence-corrected chi connectivity index (χ3v) is 7.53. The average Bonchev–Trinajstić information content (AvgIpc) is 3.24. The van der Waals surface area contributed by atoms with Crippen molar-refractivity contribution in [3.8, 4) is 0 Å². The van der Waals surface area contributed by atoms with Crippen LogP contribution >= 0.6 is 34.8 Å². The van der Waals surface area contributed by atoms with E-state index in [0.29, 0.717) is 11.5 Å². The molecule has 3 aromatic rings. The standard InChI is InChI=1S/C24H26IN5OS/c1-5-19(31)28-17-10-9-16(12-13(17)2)30-23(20-14(3)27-15(4)21(20)25)22(29-24(30)32)18-8-6-7-11-26-18/h6-12,22-23,27H,5H2,1-4H3,(H,28,31)(H,29,32)/t22-,23-/m1/s1. The van der Waals surface area contributed by atoms with Gasteiger partial charge in [-0.25, -0.2) is 0 Å². The third-order valence-electron chi connectivity index (χ3n) is 5.82. The number of carbonyl (C=O) groups excluding carboxylic acids is 1. The molecule has 0 bridgehead atoms. The molecule has 0 saturated carbocycles. The Bertz CT molecular complexity index is 1180. The molecule has 1 aliphatic rings. The maximum atomic E-state index is 11.9. The molecule has 1 amide bonds. The Kier molecular flexibility index (Phi) is 6.52. The zero-order valence-corrected chi connectivity index (χ0v) is 21.5. The summed E-state index contributed by atoms with van der Waals surface area (Å²) in [5, 5.41) is 7.14. The molecular formula is C24H26IN5OS. The molecule has 0 spiro atoms. The second-order valence-corrected chi connectivity index (χ2v) is 9.47. The summed E-state index contributed by atoms with van der Waals surface area (Å²) in [5.41, 5.74) is 7.21. The van der Waals surface area contributed by atoms with Crippen molar-refractivity contribution >= 4 is 57.2 Å². The van der Waals surface area contributed by atoms with Crippen LogP contribution in [0.25, 0.3) is 0 Å². The van der Waals surface area contributed by atoms with Gasteiger partial charge in [0.05, 0.1) is 17.8 Å². The van der Waals surface area contributed by atoms with Crippen molar-refractivity contribution in [1.29, 1.82) is 0 Å². The molecule has 0 unspecified atom stereocenters. The predicted octanol–water partition coefficient (Wildman–Crippen LogP) is 5.47. The summed E-state index contributed by atoms with van der Waals surface area (Å²) in [7, 11) is 0. The first-order valence-electron chi connectivity index (χ1n) is 10.6. The zero-order chi connectivity index (χ0) is 23.0. The Hall–Kier alpha value is -2.46. The molecule has 1 aromatic carbocycles. The van der Waals surface area contributed by atoms with Gasteiger partial charge in [0.2, 0.25) is 5.91 Å². The highest BCUT2D eigenvalue weighted by molar-refractivity contribution is 14.1. The molecule has 166 valence electrons. The quantitative estimate of drug-likeness (QED) is 0.286. The number of nitrogens with zero attached hydrogens (tertiary/aromatic N) is 2. The van der Waals surface area contributed by atoms with Gasteiger partial charge in [-0.1, -0.05) is 13.0 Å². The van der Waals surface area contributed by atoms with Gasteiger partial charge < -0.3 is 20.5 Å². The first kappa shape index (κ1) is 22.7. The molecular weight excluding hydrogens is 533 g/mol. The van der Waals surface area contributed by atoms with E-state index < -0.39 is 0 Å². The van der Waals surface area contributed by atoms with Crippen LogP contribution in [0.15, 0.2) is 42.6 Å². The predicted molar refractivity (Wildman–Crippen MR) is 141 cm³/mol. The number of hydrogen-bond donors (Lipinski definition) is 3. The lowest BCUT2D eigenvalue weighted by Crippen LogP contribution is -2.30. The molecule has 8 heteroatoms. The largest absolute Gasteiger partial charge is 0.362 e. The molecule has 0 aliphatic carbocycles. The minimum Gasteiger partial charge on any atom is -0.362 e. The second kappa shape index (κ2) is 9.19. The van der Waals surface area contributed by atoms with Gasteiger partial charge >= 0.3 is 0 Å². The van der Waals surface area contributed by atoms with Crippen molar-refractivity contribution in [1.82, 2.24) is 15.3 Å². The number of aryl methyl sites for hydroxylation is 3. The van der Waals surface area contributed by atoms with E-state index in [2.05, 4.69) is 68.0 Å². The monoisotopic (exact) mass is 559 g/mol. The normalized spacial score (nSPS) is 18.0. The molecule has 1 aliphatic heterocycles. The first-order chi connectivity index (χ1) is 15.3. The Labute approximate surface area is 207 Å². The minimum absolute atomic E-state index is 0.000258. The van der Waals surface area contributed by atoms with Crippen molar-refractivity contribution in [3.05, 3.63) is 74.4 Å². The van der Waals surface area contributed by atoms with Gasteiger partial charge in [0.15, 0.2) is 5.11 Å². The van der Waals surface area contributed by atoms with Crippen LogP contribution in [0.3, 0.4) is 0 Å². The van der Waals surface area contributed by atoms with Crippen LogP contribution in [0.2, 0.25) is 0 Å². The van der Waals surface area contributed by atoms with Crippen LogP contribution < -0.4 is 15.5 Å². The number of pyridine rings is 1. The van der Waals surface area contributed by atoms with Gasteiger partial charge in [0.25, 0.3) is 0 Å². The smallest absolute Gasteiger partial charge is 0.224 e. The van der Waals surface area contributed by atoms with E-state index in [-0.39, 0.29) is 18.0 Å². The highest BCUT2D eigenvalue weighted by Crippen LogP contribution is 2.45. The number of thiocarbonyl (C=S) groups is 1. The van der Waals surface area contributed by atoms with E-state index in [1.165, 1.54) is 9.13 Å². The summed E-state index contributed by atoms with van der Waals surface area (Å²) in [6.45, 7) is 8.04. The molecule has 0 radical (unpaired) electrons. The molecule has 1 saturated heterocycles. The van der Waals surface area contributed by atoms with Gasteiger partial charge in [0, 0.05) is 44.5 Å². The number of hydrogen-bond acceptors (Lipinski definition) is 3. The van der Waals surface area contributed by atoms with Crippen LogP contribution in [-0.4, -0.2) is 21.0 Å². The molecule has 6 nitrogen and oxygen atoms in total. The van der Waals surface area contributed by atoms with E-state index in [1.54, 1.807) is 0 Å². The summed E-state index contributed by atoms with van der Waals surface area (Å²) in [5.74, 6) is 0.000258. The summed E-state index contributed by atoms with van der Waals surface area (Å²) in [6.07, 6.45) is 2.26. The van der Waals surface area contributed by atoms with Crippen molar-refractivity contribution in [2.75, 3.05) is 10.2 Å². The molecule has 4 rings (SSSR count). The number of benzene rings is 1. The summed E-state index contributed by atoms with van der Waals surface area (Å²) in [6, 6.07) is 11.8. The van der Waals surface area contributed by atoms with Gasteiger partial charge in [-0.2, -0.15) is 0 Å². The number of anilines is 2. The van der Waals surface area contributed by atoms with Crippen molar-refractivity contribution in [3.63, 3.8) is 0 Å². The van der Waals surface area contributed by atoms with Crippen LogP contribution in [0.1, 0.15) is 53.6 Å². The SMILES string of the molecule is CCC(=O)Nc1ccc(N2C(=S)N[C@H](c3ccccn3)[C@H]2c2c(C)[nH]c(C)c2I)cc1C. The molecule has 1 fully saturated rings. The molecule has 2 atom stereocenters. The number of rotatable bonds is 5. The Balaban J connectivity index is 1.82. The molecule has 2 aromatic heterocycles. The minimum atomic E-state index is -0.0918. The van der Waals surface area contributed by atoms with Crippen LogP contribution in [-0.2, 0) is 4.79 Å². The maximum Gasteiger partial charge on any atom is 0.224 e. The van der Waals surface area contributed by atoms with E-state index in [1.807, 2.05) is 50.4 Å². The Morgan fingerprint density at radius 2 is 2.00 bits per heavy atom. The summed E-state index contributed by atoms with van der Waals surface area (Å²) >= 11 is 8.25. The fourth-order valence-corrected chi connectivity index (χ4v) is 5.43. The molecule has 3 N–H and O–H groups in total. The highest BCUT2D eigenvalue weighted by Gasteiger charge is 2.43. The van der Waals surface area contributed by atoms with Gasteiger partial charge in [-0.3, -0.25) is 9.78 Å². The van der Waals surface area contributed by atoms with Crippen molar-refractivity contribution in [2.24, 2.45) is 0 Å². The van der Waals surface area contributed by atoms with E-state index >= 15 is 0 Å². The lowest BCUT2D eigenvalue weighted by molar-refractivity contribution is -0.115. The van der Waals surface area contributed by atoms with Crippen LogP contribution in [0.5, 0.6) is 0 Å². The number of H-pyrrole nitrogens is 1. The van der Waals surface area contributed by atoms with Gasteiger partial charge in [-0.15, -0.1) is 0 Å². The molecule has 32 heavy (non-hydrogen) atoms. The highest BCUT2D eigenvalue weighted by atomic mass is 127. The number of halogens is 1. The van der Waals surface area contributed by atoms with E-state index in [4.69, 9.17) is 12.2 Å². The first-order valence-corrected chi connectivity index (χ1v) is 12.1. The Morgan fingerprint density at radius 3 is 2.59 bits per heavy atom. The lowest BCUT2D eigenvalue weighted by Gasteiger charge is -2.29. The van der Waals surface area contributed by atoms with Crippen LogP contribution in [0, 0.1) is 24.3 Å². The Morgan fingerprint density at radius 1 is 1.22 bits per heavy atom. The van der Waals surface area contributed by atoms with E-state index in [9.17, 15) is 4.79 Å². The summed E-state index contributed by atoms with van der Waals surface area (Å²) < 4.78 is 1.20. The average molecular weight is 559 g/mol. The van der Waals surface area contributed by atoms with Crippen molar-refractivity contribution < 1.29 is 4.79 Å².